The maximum atomic E-state index is 11.7. The predicted molar refractivity (Wildman–Crippen MR) is 112 cm³/mol. The van der Waals surface area contributed by atoms with Gasteiger partial charge >= 0.3 is 5.97 Å². The second-order valence-electron chi connectivity index (χ2n) is 6.93. The Kier molecular flexibility index (Phi) is 5.75. The Labute approximate surface area is 163 Å². The fourth-order valence-corrected chi connectivity index (χ4v) is 4.10. The van der Waals surface area contributed by atoms with Crippen LogP contribution in [0.15, 0.2) is 23.6 Å². The van der Waals surface area contributed by atoms with Gasteiger partial charge in [0.05, 0.1) is 5.39 Å². The molecule has 3 aromatic rings. The second kappa shape index (κ2) is 8.05. The number of carboxylic acid groups (broad SMARTS) is 1. The summed E-state index contributed by atoms with van der Waals surface area (Å²) in [5.74, 6) is 0.393. The quantitative estimate of drug-likeness (QED) is 0.576. The van der Waals surface area contributed by atoms with Gasteiger partial charge in [0.1, 0.15) is 22.5 Å². The number of hydrogen-bond donors (Lipinski definition) is 2. The van der Waals surface area contributed by atoms with Crippen LogP contribution in [0.1, 0.15) is 43.1 Å². The van der Waals surface area contributed by atoms with Crippen molar-refractivity contribution in [2.24, 2.45) is 0 Å². The van der Waals surface area contributed by atoms with Gasteiger partial charge in [-0.05, 0) is 43.9 Å². The van der Waals surface area contributed by atoms with E-state index in [0.29, 0.717) is 18.1 Å². The molecule has 6 heteroatoms. The number of benzene rings is 1. The number of carboxylic acids is 1. The van der Waals surface area contributed by atoms with Crippen molar-refractivity contribution >= 4 is 33.3 Å². The van der Waals surface area contributed by atoms with Crippen LogP contribution in [-0.2, 0) is 4.79 Å². The molecule has 0 saturated carbocycles. The third-order valence-corrected chi connectivity index (χ3v) is 5.69. The number of nitrogens with one attached hydrogen (secondary N) is 1. The smallest absolute Gasteiger partial charge is 0.326 e. The van der Waals surface area contributed by atoms with Gasteiger partial charge in [0.2, 0.25) is 0 Å². The lowest BCUT2D eigenvalue weighted by atomic mass is 10.0. The van der Waals surface area contributed by atoms with Crippen LogP contribution in [0.25, 0.3) is 21.3 Å². The number of hydrogen-bond acceptors (Lipinski definition) is 5. The highest BCUT2D eigenvalue weighted by atomic mass is 32.1. The second-order valence-corrected chi connectivity index (χ2v) is 7.78. The van der Waals surface area contributed by atoms with Crippen molar-refractivity contribution in [1.82, 2.24) is 9.97 Å². The largest absolute Gasteiger partial charge is 0.480 e. The van der Waals surface area contributed by atoms with Gasteiger partial charge in [0.25, 0.3) is 0 Å². The van der Waals surface area contributed by atoms with Crippen LogP contribution in [0.4, 0.5) is 5.82 Å². The maximum Gasteiger partial charge on any atom is 0.326 e. The Morgan fingerprint density at radius 1 is 1.22 bits per heavy atom. The van der Waals surface area contributed by atoms with Crippen LogP contribution in [0.2, 0.25) is 0 Å². The minimum Gasteiger partial charge on any atom is -0.480 e. The molecule has 0 fully saturated rings. The highest BCUT2D eigenvalue weighted by Crippen LogP contribution is 2.37. The summed E-state index contributed by atoms with van der Waals surface area (Å²) in [7, 11) is 0. The van der Waals surface area contributed by atoms with E-state index < -0.39 is 12.0 Å². The molecule has 0 amide bonds. The van der Waals surface area contributed by atoms with Gasteiger partial charge in [-0.15, -0.1) is 11.3 Å². The van der Waals surface area contributed by atoms with Crippen molar-refractivity contribution in [2.75, 3.05) is 5.32 Å². The van der Waals surface area contributed by atoms with Crippen molar-refractivity contribution in [2.45, 2.75) is 53.0 Å². The maximum absolute atomic E-state index is 11.7. The summed E-state index contributed by atoms with van der Waals surface area (Å²) in [6.45, 7) is 8.08. The summed E-state index contributed by atoms with van der Waals surface area (Å²) < 4.78 is 0. The van der Waals surface area contributed by atoms with Crippen LogP contribution < -0.4 is 5.32 Å². The molecule has 3 rings (SSSR count). The molecule has 0 spiro atoms. The van der Waals surface area contributed by atoms with Gasteiger partial charge in [-0.3, -0.25) is 0 Å². The monoisotopic (exact) mass is 383 g/mol. The van der Waals surface area contributed by atoms with Crippen LogP contribution in [0, 0.1) is 20.8 Å². The first-order valence-corrected chi connectivity index (χ1v) is 10.1. The van der Waals surface area contributed by atoms with Crippen molar-refractivity contribution in [3.8, 4) is 11.1 Å². The first kappa shape index (κ1) is 19.3. The van der Waals surface area contributed by atoms with Crippen LogP contribution in [-0.4, -0.2) is 27.1 Å². The van der Waals surface area contributed by atoms with E-state index in [1.54, 1.807) is 11.3 Å². The van der Waals surface area contributed by atoms with E-state index in [4.69, 9.17) is 0 Å². The molecule has 142 valence electrons. The lowest BCUT2D eigenvalue weighted by Crippen LogP contribution is -2.29. The molecule has 2 heterocycles. The molecule has 0 aliphatic carbocycles. The number of unbranched alkanes of at least 4 members (excludes halogenated alkanes) is 1. The van der Waals surface area contributed by atoms with Crippen LogP contribution in [0.3, 0.4) is 0 Å². The Morgan fingerprint density at radius 3 is 2.67 bits per heavy atom. The van der Waals surface area contributed by atoms with E-state index >= 15 is 0 Å². The van der Waals surface area contributed by atoms with E-state index in [0.717, 1.165) is 34.2 Å². The molecular weight excluding hydrogens is 358 g/mol. The average Bonchev–Trinajstić information content (AvgIpc) is 3.04. The highest BCUT2D eigenvalue weighted by Gasteiger charge is 2.21. The summed E-state index contributed by atoms with van der Waals surface area (Å²) in [4.78, 5) is 21.7. The lowest BCUT2D eigenvalue weighted by Gasteiger charge is -2.16. The summed E-state index contributed by atoms with van der Waals surface area (Å²) in [6, 6.07) is 5.71. The number of aryl methyl sites for hydroxylation is 3. The SMILES string of the molecule is CCCCC(Nc1nc(C)nc2scc(-c3ccc(C)c(C)c3)c12)C(=O)O. The number of thiophene rings is 1. The van der Waals surface area contributed by atoms with Crippen molar-refractivity contribution in [3.05, 3.63) is 40.5 Å². The number of anilines is 1. The molecule has 0 aliphatic rings. The molecule has 2 N–H and O–H groups in total. The number of aromatic nitrogens is 2. The van der Waals surface area contributed by atoms with Gasteiger partial charge in [-0.1, -0.05) is 38.0 Å². The topological polar surface area (TPSA) is 75.1 Å². The van der Waals surface area contributed by atoms with Gasteiger partial charge < -0.3 is 10.4 Å². The molecule has 5 nitrogen and oxygen atoms in total. The van der Waals surface area contributed by atoms with Crippen molar-refractivity contribution < 1.29 is 9.90 Å². The summed E-state index contributed by atoms with van der Waals surface area (Å²) in [6.07, 6.45) is 2.38. The molecule has 0 saturated heterocycles. The minimum atomic E-state index is -0.851. The Balaban J connectivity index is 2.10. The molecule has 1 atom stereocenters. The number of carbonyl (C=O) groups is 1. The highest BCUT2D eigenvalue weighted by molar-refractivity contribution is 7.17. The number of rotatable bonds is 7. The first-order valence-electron chi connectivity index (χ1n) is 9.23. The summed E-state index contributed by atoms with van der Waals surface area (Å²) in [5.41, 5.74) is 4.61. The third-order valence-electron chi connectivity index (χ3n) is 4.82. The normalized spacial score (nSPS) is 12.3. The van der Waals surface area contributed by atoms with Gasteiger partial charge in [-0.25, -0.2) is 14.8 Å². The summed E-state index contributed by atoms with van der Waals surface area (Å²) >= 11 is 1.56. The lowest BCUT2D eigenvalue weighted by molar-refractivity contribution is -0.138. The van der Waals surface area contributed by atoms with Crippen LogP contribution >= 0.6 is 11.3 Å². The zero-order chi connectivity index (χ0) is 19.6. The molecule has 1 aromatic carbocycles. The zero-order valence-electron chi connectivity index (χ0n) is 16.2. The first-order chi connectivity index (χ1) is 12.9. The predicted octanol–water partition coefficient (Wildman–Crippen LogP) is 5.34. The van der Waals surface area contributed by atoms with E-state index in [-0.39, 0.29) is 0 Å². The number of aliphatic carboxylic acids is 1. The third kappa shape index (κ3) is 4.11. The molecule has 2 aromatic heterocycles. The van der Waals surface area contributed by atoms with Crippen molar-refractivity contribution in [3.63, 3.8) is 0 Å². The van der Waals surface area contributed by atoms with E-state index in [1.165, 1.54) is 11.1 Å². The molecule has 0 bridgehead atoms. The molecule has 27 heavy (non-hydrogen) atoms. The fourth-order valence-electron chi connectivity index (χ4n) is 3.11. The standard InChI is InChI=1S/C21H25N3O2S/c1-5-6-7-17(21(25)26)24-19-18-16(11-27-20(18)23-14(4)22-19)15-9-8-12(2)13(3)10-15/h8-11,17H,5-7H2,1-4H3,(H,25,26)(H,22,23,24). The van der Waals surface area contributed by atoms with E-state index in [1.807, 2.05) is 6.92 Å². The Bertz CT molecular complexity index is 981. The fraction of sp³-hybridized carbons (Fsp3) is 0.381. The average molecular weight is 384 g/mol. The van der Waals surface area contributed by atoms with E-state index in [2.05, 4.69) is 59.6 Å². The van der Waals surface area contributed by atoms with Crippen molar-refractivity contribution in [1.29, 1.82) is 0 Å². The van der Waals surface area contributed by atoms with Crippen LogP contribution in [0.5, 0.6) is 0 Å². The molecule has 0 radical (unpaired) electrons. The molecule has 1 unspecified atom stereocenters. The van der Waals surface area contributed by atoms with Gasteiger partial charge in [0, 0.05) is 10.9 Å². The molecule has 0 aliphatic heterocycles. The van der Waals surface area contributed by atoms with Gasteiger partial charge in [0.15, 0.2) is 0 Å². The number of fused-ring (bicyclic) bond motifs is 1. The van der Waals surface area contributed by atoms with Gasteiger partial charge in [-0.2, -0.15) is 0 Å². The molecular formula is C21H25N3O2S. The Hall–Kier alpha value is -2.47. The summed E-state index contributed by atoms with van der Waals surface area (Å²) in [5, 5.41) is 15.8. The minimum absolute atomic E-state index is 0.569. The zero-order valence-corrected chi connectivity index (χ0v) is 17.0. The number of nitrogens with zero attached hydrogens (tertiary/aromatic N) is 2. The van der Waals surface area contributed by atoms with E-state index in [9.17, 15) is 9.90 Å². The Morgan fingerprint density at radius 2 is 2.00 bits per heavy atom.